The van der Waals surface area contributed by atoms with Crippen LogP contribution in [0, 0.1) is 35.5 Å². The molecule has 2 bridgehead atoms. The quantitative estimate of drug-likeness (QED) is 0.355. The summed E-state index contributed by atoms with van der Waals surface area (Å²) >= 11 is 12.1. The van der Waals surface area contributed by atoms with Gasteiger partial charge in [0.15, 0.2) is 0 Å². The van der Waals surface area contributed by atoms with E-state index in [1.165, 1.54) is 0 Å². The van der Waals surface area contributed by atoms with Crippen molar-refractivity contribution in [2.75, 3.05) is 0 Å². The van der Waals surface area contributed by atoms with Gasteiger partial charge in [-0.25, -0.2) is 0 Å². The van der Waals surface area contributed by atoms with Crippen LogP contribution in [0.1, 0.15) is 17.5 Å². The highest BCUT2D eigenvalue weighted by Gasteiger charge is 2.67. The van der Waals surface area contributed by atoms with Gasteiger partial charge in [0, 0.05) is 15.6 Å². The summed E-state index contributed by atoms with van der Waals surface area (Å²) in [6.07, 6.45) is 7.01. The minimum atomic E-state index is -0.239. The van der Waals surface area contributed by atoms with Gasteiger partial charge in [0.25, 0.3) is 11.8 Å². The molecule has 6 atom stereocenters. The van der Waals surface area contributed by atoms with E-state index >= 15 is 0 Å². The standard InChI is InChI=1S/C25H20Cl2N2O3/c26-15-5-4-14(21(27)9-15)12-32-16-3-1-2-13(8-16)11-28-29-24(30)22-17-6-7-18(20-10-19(17)20)23(22)25(29)31/h1-9,11,17-20,22-23H,10,12H2/b28-11-/t17-,18-,19-,20+,22+,23+/m0/s1. The average Bonchev–Trinajstić information content (AvgIpc) is 3.57. The number of hydrogen-bond donors (Lipinski definition) is 0. The SMILES string of the molecule is O=C1[C@@H]2[C@H]3C=C[C@@H]([C@@H]4C[C@H]34)[C@H]2C(=O)N1/N=C\c1cccc(OCc2ccc(Cl)cc2Cl)c1. The minimum absolute atomic E-state index is 0.161. The van der Waals surface area contributed by atoms with Crippen molar-refractivity contribution in [2.45, 2.75) is 13.0 Å². The van der Waals surface area contributed by atoms with Crippen LogP contribution >= 0.6 is 23.2 Å². The molecule has 1 aliphatic heterocycles. The van der Waals surface area contributed by atoms with E-state index < -0.39 is 0 Å². The summed E-state index contributed by atoms with van der Waals surface area (Å²) in [4.78, 5) is 26.0. The minimum Gasteiger partial charge on any atom is -0.489 e. The molecule has 2 aromatic carbocycles. The molecular weight excluding hydrogens is 447 g/mol. The van der Waals surface area contributed by atoms with Gasteiger partial charge in [-0.15, -0.1) is 0 Å². The number of carbonyl (C=O) groups excluding carboxylic acids is 2. The zero-order chi connectivity index (χ0) is 22.0. The van der Waals surface area contributed by atoms with E-state index in [-0.39, 0.29) is 35.5 Å². The molecule has 0 N–H and O–H groups in total. The zero-order valence-electron chi connectivity index (χ0n) is 17.0. The van der Waals surface area contributed by atoms with Crippen LogP contribution in [0.4, 0.5) is 0 Å². The molecule has 0 unspecified atom stereocenters. The number of hydrogen-bond acceptors (Lipinski definition) is 4. The smallest absolute Gasteiger partial charge is 0.254 e. The van der Waals surface area contributed by atoms with Crippen molar-refractivity contribution in [2.24, 2.45) is 40.6 Å². The normalized spacial score (nSPS) is 31.9. The zero-order valence-corrected chi connectivity index (χ0v) is 18.5. The number of benzene rings is 2. The van der Waals surface area contributed by atoms with Crippen molar-refractivity contribution in [3.63, 3.8) is 0 Å². The van der Waals surface area contributed by atoms with E-state index in [9.17, 15) is 9.59 Å². The van der Waals surface area contributed by atoms with Crippen LogP contribution in [0.5, 0.6) is 5.75 Å². The molecule has 5 nitrogen and oxygen atoms in total. The lowest BCUT2D eigenvalue weighted by atomic mass is 9.63. The van der Waals surface area contributed by atoms with Crippen molar-refractivity contribution >= 4 is 41.2 Å². The summed E-state index contributed by atoms with van der Waals surface area (Å²) < 4.78 is 5.85. The Labute approximate surface area is 195 Å². The highest BCUT2D eigenvalue weighted by atomic mass is 35.5. The summed E-state index contributed by atoms with van der Waals surface area (Å²) in [6, 6.07) is 12.6. The number of amides is 2. The van der Waals surface area contributed by atoms with Crippen LogP contribution in [0.2, 0.25) is 10.0 Å². The number of rotatable bonds is 5. The Kier molecular flexibility index (Phi) is 4.67. The largest absolute Gasteiger partial charge is 0.489 e. The fourth-order valence-electron chi connectivity index (χ4n) is 5.66. The van der Waals surface area contributed by atoms with Crippen LogP contribution in [-0.2, 0) is 16.2 Å². The average molecular weight is 467 g/mol. The van der Waals surface area contributed by atoms with Gasteiger partial charge >= 0.3 is 0 Å². The van der Waals surface area contributed by atoms with E-state index in [2.05, 4.69) is 17.3 Å². The predicted molar refractivity (Wildman–Crippen MR) is 121 cm³/mol. The molecule has 1 saturated heterocycles. The third kappa shape index (κ3) is 3.18. The second-order valence-corrected chi connectivity index (χ2v) is 9.83. The predicted octanol–water partition coefficient (Wildman–Crippen LogP) is 4.96. The van der Waals surface area contributed by atoms with Crippen molar-refractivity contribution in [1.82, 2.24) is 5.01 Å². The molecule has 5 aliphatic rings. The van der Waals surface area contributed by atoms with Crippen LogP contribution in [-0.4, -0.2) is 23.0 Å². The highest BCUT2D eigenvalue weighted by Crippen LogP contribution is 2.65. The Bertz CT molecular complexity index is 1160. The topological polar surface area (TPSA) is 59.0 Å². The molecule has 3 fully saturated rings. The fourth-order valence-corrected chi connectivity index (χ4v) is 6.13. The summed E-state index contributed by atoms with van der Waals surface area (Å²) in [5, 5.41) is 6.50. The summed E-state index contributed by atoms with van der Waals surface area (Å²) in [7, 11) is 0. The molecule has 0 radical (unpaired) electrons. The number of hydrazone groups is 1. The first kappa shape index (κ1) is 20.0. The van der Waals surface area contributed by atoms with Gasteiger partial charge in [0.05, 0.1) is 18.1 Å². The Morgan fingerprint density at radius 1 is 1.00 bits per heavy atom. The number of allylic oxidation sites excluding steroid dienone is 2. The first-order valence-electron chi connectivity index (χ1n) is 10.8. The molecule has 1 heterocycles. The number of ether oxygens (including phenoxy) is 1. The second kappa shape index (κ2) is 7.46. The van der Waals surface area contributed by atoms with E-state index in [4.69, 9.17) is 27.9 Å². The van der Waals surface area contributed by atoms with Gasteiger partial charge in [0.1, 0.15) is 12.4 Å². The summed E-state index contributed by atoms with van der Waals surface area (Å²) in [5.41, 5.74) is 1.57. The number of nitrogens with zero attached hydrogens (tertiary/aromatic N) is 2. The third-order valence-electron chi connectivity index (χ3n) is 7.23. The molecule has 0 spiro atoms. The molecule has 2 amide bonds. The molecule has 7 rings (SSSR count). The molecule has 0 aromatic heterocycles. The van der Waals surface area contributed by atoms with Crippen LogP contribution in [0.3, 0.4) is 0 Å². The molecule has 32 heavy (non-hydrogen) atoms. The lowest BCUT2D eigenvalue weighted by molar-refractivity contribution is -0.140. The second-order valence-electron chi connectivity index (χ2n) is 8.98. The van der Waals surface area contributed by atoms with Crippen molar-refractivity contribution < 1.29 is 14.3 Å². The van der Waals surface area contributed by atoms with Crippen LogP contribution in [0.25, 0.3) is 0 Å². The molecular formula is C25H20Cl2N2O3. The maximum Gasteiger partial charge on any atom is 0.254 e. The van der Waals surface area contributed by atoms with Gasteiger partial charge in [-0.2, -0.15) is 10.1 Å². The van der Waals surface area contributed by atoms with Gasteiger partial charge in [-0.05, 0) is 59.9 Å². The summed E-state index contributed by atoms with van der Waals surface area (Å²) in [6.45, 7) is 0.293. The first-order valence-corrected chi connectivity index (χ1v) is 11.5. The Balaban J connectivity index is 1.16. The van der Waals surface area contributed by atoms with Crippen molar-refractivity contribution in [1.29, 1.82) is 0 Å². The van der Waals surface area contributed by atoms with E-state index in [0.29, 0.717) is 34.2 Å². The fraction of sp³-hybridized carbons (Fsp3) is 0.320. The number of imide groups is 1. The van der Waals surface area contributed by atoms with Crippen molar-refractivity contribution in [3.05, 3.63) is 75.8 Å². The van der Waals surface area contributed by atoms with E-state index in [1.54, 1.807) is 18.3 Å². The lowest BCUT2D eigenvalue weighted by Crippen LogP contribution is -2.40. The van der Waals surface area contributed by atoms with Gasteiger partial charge in [0.2, 0.25) is 0 Å². The van der Waals surface area contributed by atoms with E-state index in [1.807, 2.05) is 30.3 Å². The first-order chi connectivity index (χ1) is 15.5. The van der Waals surface area contributed by atoms with Gasteiger partial charge in [-0.3, -0.25) is 9.59 Å². The third-order valence-corrected chi connectivity index (χ3v) is 7.82. The Morgan fingerprint density at radius 2 is 1.72 bits per heavy atom. The van der Waals surface area contributed by atoms with Crippen LogP contribution < -0.4 is 4.74 Å². The maximum absolute atomic E-state index is 13.0. The van der Waals surface area contributed by atoms with Crippen LogP contribution in [0.15, 0.2) is 59.7 Å². The highest BCUT2D eigenvalue weighted by molar-refractivity contribution is 6.35. The van der Waals surface area contributed by atoms with Gasteiger partial charge < -0.3 is 4.74 Å². The Hall–Kier alpha value is -2.63. The number of halogens is 2. The molecule has 2 saturated carbocycles. The number of carbonyl (C=O) groups is 2. The Morgan fingerprint density at radius 3 is 2.41 bits per heavy atom. The molecule has 2 aromatic rings. The maximum atomic E-state index is 13.0. The molecule has 162 valence electrons. The summed E-state index contributed by atoms with van der Waals surface area (Å²) in [5.74, 6) is 1.39. The van der Waals surface area contributed by atoms with Crippen molar-refractivity contribution in [3.8, 4) is 5.75 Å². The van der Waals surface area contributed by atoms with E-state index in [0.717, 1.165) is 22.6 Å². The molecule has 4 aliphatic carbocycles. The lowest BCUT2D eigenvalue weighted by Gasteiger charge is -2.37. The molecule has 7 heteroatoms. The van der Waals surface area contributed by atoms with Gasteiger partial charge in [-0.1, -0.05) is 53.6 Å². The monoisotopic (exact) mass is 466 g/mol.